The molecule has 0 bridgehead atoms. The SMILES string of the molecule is CC1CCCCN1S(=O)(=O)NCC1(N)CCCCCC1.Cl. The van der Waals surface area contributed by atoms with Crippen LogP contribution in [0, 0.1) is 0 Å². The first-order valence-electron chi connectivity index (χ1n) is 7.98. The van der Waals surface area contributed by atoms with Gasteiger partial charge < -0.3 is 5.73 Å². The van der Waals surface area contributed by atoms with Crippen molar-refractivity contribution >= 4 is 22.6 Å². The second-order valence-electron chi connectivity index (χ2n) is 6.56. The minimum Gasteiger partial charge on any atom is -0.324 e. The van der Waals surface area contributed by atoms with Gasteiger partial charge in [-0.1, -0.05) is 32.1 Å². The standard InChI is InChI=1S/C14H29N3O2S.ClH/c1-13-8-4-7-11-17(13)20(18,19)16-12-14(15)9-5-2-3-6-10-14;/h13,16H,2-12,15H2,1H3;1H. The van der Waals surface area contributed by atoms with Gasteiger partial charge in [-0.2, -0.15) is 12.7 Å². The van der Waals surface area contributed by atoms with Crippen LogP contribution in [-0.4, -0.2) is 37.4 Å². The molecule has 1 atom stereocenters. The van der Waals surface area contributed by atoms with Gasteiger partial charge in [0.05, 0.1) is 0 Å². The van der Waals surface area contributed by atoms with Gasteiger partial charge in [-0.05, 0) is 32.6 Å². The van der Waals surface area contributed by atoms with Gasteiger partial charge in [-0.25, -0.2) is 4.72 Å². The lowest BCUT2D eigenvalue weighted by Crippen LogP contribution is -2.54. The van der Waals surface area contributed by atoms with Gasteiger partial charge in [-0.3, -0.25) is 0 Å². The lowest BCUT2D eigenvalue weighted by atomic mass is 9.92. The predicted octanol–water partition coefficient (Wildman–Crippen LogP) is 2.17. The Morgan fingerprint density at radius 1 is 1.14 bits per heavy atom. The van der Waals surface area contributed by atoms with Crippen LogP contribution in [0.5, 0.6) is 0 Å². The van der Waals surface area contributed by atoms with Gasteiger partial charge in [0.1, 0.15) is 0 Å². The maximum absolute atomic E-state index is 12.4. The molecule has 1 aliphatic heterocycles. The molecule has 1 aliphatic carbocycles. The molecule has 7 heteroatoms. The first-order chi connectivity index (χ1) is 9.43. The Morgan fingerprint density at radius 3 is 2.33 bits per heavy atom. The number of nitrogens with two attached hydrogens (primary N) is 1. The van der Waals surface area contributed by atoms with E-state index in [0.717, 1.165) is 44.9 Å². The summed E-state index contributed by atoms with van der Waals surface area (Å²) in [5, 5.41) is 0. The molecule has 2 rings (SSSR count). The Kier molecular flexibility index (Phi) is 7.40. The summed E-state index contributed by atoms with van der Waals surface area (Å²) < 4.78 is 29.2. The zero-order valence-electron chi connectivity index (χ0n) is 13.0. The minimum atomic E-state index is -3.38. The third kappa shape index (κ3) is 5.36. The van der Waals surface area contributed by atoms with Crippen LogP contribution in [0.25, 0.3) is 0 Å². The van der Waals surface area contributed by atoms with Crippen molar-refractivity contribution in [2.75, 3.05) is 13.1 Å². The molecule has 5 nitrogen and oxygen atoms in total. The van der Waals surface area contributed by atoms with Crippen molar-refractivity contribution in [1.82, 2.24) is 9.03 Å². The fraction of sp³-hybridized carbons (Fsp3) is 1.00. The molecule has 1 saturated heterocycles. The molecule has 0 spiro atoms. The molecule has 0 aromatic heterocycles. The maximum atomic E-state index is 12.4. The van der Waals surface area contributed by atoms with Crippen molar-refractivity contribution in [3.05, 3.63) is 0 Å². The molecule has 0 radical (unpaired) electrons. The molecule has 3 N–H and O–H groups in total. The fourth-order valence-corrected chi connectivity index (χ4v) is 4.94. The van der Waals surface area contributed by atoms with Crippen molar-refractivity contribution in [3.63, 3.8) is 0 Å². The summed E-state index contributed by atoms with van der Waals surface area (Å²) in [5.41, 5.74) is 6.03. The fourth-order valence-electron chi connectivity index (χ4n) is 3.36. The molecule has 0 aromatic rings. The van der Waals surface area contributed by atoms with E-state index in [1.54, 1.807) is 4.31 Å². The number of hydrogen-bond donors (Lipinski definition) is 2. The molecule has 1 heterocycles. The zero-order chi connectivity index (χ0) is 14.6. The van der Waals surface area contributed by atoms with Crippen molar-refractivity contribution in [1.29, 1.82) is 0 Å². The molecular weight excluding hydrogens is 310 g/mol. The molecule has 1 unspecified atom stereocenters. The van der Waals surface area contributed by atoms with Crippen molar-refractivity contribution in [2.24, 2.45) is 5.73 Å². The monoisotopic (exact) mass is 339 g/mol. The molecule has 21 heavy (non-hydrogen) atoms. The van der Waals surface area contributed by atoms with E-state index in [2.05, 4.69) is 4.72 Å². The van der Waals surface area contributed by atoms with Gasteiger partial charge >= 0.3 is 0 Å². The number of halogens is 1. The highest BCUT2D eigenvalue weighted by Gasteiger charge is 2.33. The Labute approximate surface area is 135 Å². The van der Waals surface area contributed by atoms with E-state index in [4.69, 9.17) is 5.73 Å². The lowest BCUT2D eigenvalue weighted by Gasteiger charge is -2.34. The average Bonchev–Trinajstić information content (AvgIpc) is 2.63. The predicted molar refractivity (Wildman–Crippen MR) is 88.8 cm³/mol. The Balaban J connectivity index is 0.00000220. The van der Waals surface area contributed by atoms with Crippen LogP contribution in [0.1, 0.15) is 64.7 Å². The van der Waals surface area contributed by atoms with Crippen LogP contribution in [-0.2, 0) is 10.2 Å². The van der Waals surface area contributed by atoms with Crippen molar-refractivity contribution in [2.45, 2.75) is 76.3 Å². The van der Waals surface area contributed by atoms with Crippen LogP contribution in [0.4, 0.5) is 0 Å². The topological polar surface area (TPSA) is 75.4 Å². The molecule has 2 aliphatic rings. The van der Waals surface area contributed by atoms with Gasteiger partial charge in [0.25, 0.3) is 10.2 Å². The normalized spacial score (nSPS) is 27.6. The number of hydrogen-bond acceptors (Lipinski definition) is 3. The van der Waals surface area contributed by atoms with E-state index >= 15 is 0 Å². The molecule has 2 fully saturated rings. The highest BCUT2D eigenvalue weighted by molar-refractivity contribution is 7.87. The van der Waals surface area contributed by atoms with Gasteiger partial charge in [0, 0.05) is 24.7 Å². The Bertz CT molecular complexity index is 408. The molecule has 0 aromatic carbocycles. The van der Waals surface area contributed by atoms with Gasteiger partial charge in [0.15, 0.2) is 0 Å². The second kappa shape index (κ2) is 8.11. The van der Waals surface area contributed by atoms with E-state index in [1.165, 1.54) is 12.8 Å². The van der Waals surface area contributed by atoms with E-state index in [0.29, 0.717) is 13.1 Å². The first-order valence-corrected chi connectivity index (χ1v) is 9.42. The molecule has 126 valence electrons. The average molecular weight is 340 g/mol. The minimum absolute atomic E-state index is 0. The highest BCUT2D eigenvalue weighted by atomic mass is 35.5. The Hall–Kier alpha value is 0.120. The Morgan fingerprint density at radius 2 is 1.76 bits per heavy atom. The zero-order valence-corrected chi connectivity index (χ0v) is 14.6. The van der Waals surface area contributed by atoms with Crippen molar-refractivity contribution < 1.29 is 8.42 Å². The van der Waals surface area contributed by atoms with Gasteiger partial charge in [0.2, 0.25) is 0 Å². The van der Waals surface area contributed by atoms with Crippen LogP contribution < -0.4 is 10.5 Å². The summed E-state index contributed by atoms with van der Waals surface area (Å²) in [4.78, 5) is 0. The van der Waals surface area contributed by atoms with Gasteiger partial charge in [-0.15, -0.1) is 12.4 Å². The number of piperidine rings is 1. The summed E-state index contributed by atoms with van der Waals surface area (Å²) in [5.74, 6) is 0. The maximum Gasteiger partial charge on any atom is 0.279 e. The number of rotatable bonds is 4. The van der Waals surface area contributed by atoms with Crippen molar-refractivity contribution in [3.8, 4) is 0 Å². The lowest BCUT2D eigenvalue weighted by molar-refractivity contribution is 0.262. The summed E-state index contributed by atoms with van der Waals surface area (Å²) in [6.07, 6.45) is 9.53. The smallest absolute Gasteiger partial charge is 0.279 e. The van der Waals surface area contributed by atoms with Crippen LogP contribution in [0.3, 0.4) is 0 Å². The summed E-state index contributed by atoms with van der Waals surface area (Å²) in [6.45, 7) is 2.99. The third-order valence-electron chi connectivity index (χ3n) is 4.76. The van der Waals surface area contributed by atoms with E-state index in [-0.39, 0.29) is 24.0 Å². The number of nitrogens with one attached hydrogen (secondary N) is 1. The summed E-state index contributed by atoms with van der Waals surface area (Å²) >= 11 is 0. The highest BCUT2D eigenvalue weighted by Crippen LogP contribution is 2.25. The van der Waals surface area contributed by atoms with Crippen LogP contribution in [0.15, 0.2) is 0 Å². The summed E-state index contributed by atoms with van der Waals surface area (Å²) in [7, 11) is -3.38. The molecular formula is C14H30ClN3O2S. The van der Waals surface area contributed by atoms with E-state index in [9.17, 15) is 8.42 Å². The molecule has 0 amide bonds. The first kappa shape index (κ1) is 19.2. The molecule has 1 saturated carbocycles. The number of nitrogens with zero attached hydrogens (tertiary/aromatic N) is 1. The van der Waals surface area contributed by atoms with E-state index < -0.39 is 10.2 Å². The van der Waals surface area contributed by atoms with E-state index in [1.807, 2.05) is 6.92 Å². The van der Waals surface area contributed by atoms with Crippen LogP contribution >= 0.6 is 12.4 Å². The third-order valence-corrected chi connectivity index (χ3v) is 6.43. The summed E-state index contributed by atoms with van der Waals surface area (Å²) in [6, 6.07) is 0.101. The largest absolute Gasteiger partial charge is 0.324 e. The quantitative estimate of drug-likeness (QED) is 0.771. The second-order valence-corrected chi connectivity index (χ2v) is 8.27. The van der Waals surface area contributed by atoms with Crippen LogP contribution in [0.2, 0.25) is 0 Å².